The molecule has 168 valence electrons. The number of aromatic amines is 1. The Balaban J connectivity index is 1.41. The van der Waals surface area contributed by atoms with Gasteiger partial charge in [0.25, 0.3) is 5.82 Å². The fraction of sp³-hybridized carbons (Fsp3) is 0.385. The normalized spacial score (nSPS) is 17.0. The number of H-pyrrole nitrogens is 1. The third kappa shape index (κ3) is 4.61. The summed E-state index contributed by atoms with van der Waals surface area (Å²) in [6.07, 6.45) is 19.0. The average molecular weight is 441 g/mol. The van der Waals surface area contributed by atoms with Crippen molar-refractivity contribution in [2.45, 2.75) is 57.9 Å². The molecule has 1 saturated carbocycles. The number of carbonyl (C=O) groups excluding carboxylic acids is 1. The van der Waals surface area contributed by atoms with Crippen molar-refractivity contribution in [3.63, 3.8) is 0 Å². The Morgan fingerprint density at radius 2 is 2.15 bits per heavy atom. The molecule has 0 aliphatic heterocycles. The molecule has 2 N–H and O–H groups in total. The molecule has 1 fully saturated rings. The smallest absolute Gasteiger partial charge is 0.314 e. The van der Waals surface area contributed by atoms with Crippen molar-refractivity contribution in [3.05, 3.63) is 77.6 Å². The third-order valence-corrected chi connectivity index (χ3v) is 7.16. The quantitative estimate of drug-likeness (QED) is 0.477. The van der Waals surface area contributed by atoms with E-state index in [4.69, 9.17) is 6.57 Å². The molecule has 1 spiro atoms. The van der Waals surface area contributed by atoms with E-state index in [-0.39, 0.29) is 17.5 Å². The van der Waals surface area contributed by atoms with Gasteiger partial charge in [-0.2, -0.15) is 0 Å². The van der Waals surface area contributed by atoms with E-state index in [1.165, 1.54) is 49.4 Å². The van der Waals surface area contributed by atoms with Crippen LogP contribution in [0.1, 0.15) is 66.7 Å². The molecule has 0 saturated heterocycles. The number of benzene rings is 1. The number of hydrogen-bond acceptors (Lipinski definition) is 3. The van der Waals surface area contributed by atoms with Gasteiger partial charge in [0.1, 0.15) is 0 Å². The van der Waals surface area contributed by atoms with E-state index in [2.05, 4.69) is 47.9 Å². The molecule has 2 aromatic heterocycles. The van der Waals surface area contributed by atoms with Crippen LogP contribution in [0.5, 0.6) is 0 Å². The Kier molecular flexibility index (Phi) is 5.82. The van der Waals surface area contributed by atoms with Crippen LogP contribution in [0.15, 0.2) is 49.2 Å². The van der Waals surface area contributed by atoms with Crippen LogP contribution in [0.3, 0.4) is 0 Å². The monoisotopic (exact) mass is 440 g/mol. The predicted molar refractivity (Wildman–Crippen MR) is 128 cm³/mol. The lowest BCUT2D eigenvalue weighted by Crippen LogP contribution is -2.19. The maximum Gasteiger partial charge on any atom is 0.314 e. The molecule has 2 heterocycles. The fourth-order valence-corrected chi connectivity index (χ4v) is 5.23. The van der Waals surface area contributed by atoms with Gasteiger partial charge in [-0.1, -0.05) is 31.6 Å². The van der Waals surface area contributed by atoms with Crippen LogP contribution in [0.25, 0.3) is 10.4 Å². The van der Waals surface area contributed by atoms with Gasteiger partial charge in [-0.15, -0.1) is 0 Å². The van der Waals surface area contributed by atoms with E-state index in [9.17, 15) is 4.79 Å². The fourth-order valence-electron chi connectivity index (χ4n) is 5.23. The summed E-state index contributed by atoms with van der Waals surface area (Å²) in [6, 6.07) is 6.29. The van der Waals surface area contributed by atoms with Gasteiger partial charge in [0, 0.05) is 30.2 Å². The van der Waals surface area contributed by atoms with E-state index < -0.39 is 0 Å². The van der Waals surface area contributed by atoms with Crippen LogP contribution in [0.4, 0.5) is 11.5 Å². The number of allylic oxidation sites excluding steroid dienone is 2. The summed E-state index contributed by atoms with van der Waals surface area (Å²) in [5.41, 5.74) is 4.92. The summed E-state index contributed by atoms with van der Waals surface area (Å²) in [5.74, 6) is 0.0757. The van der Waals surface area contributed by atoms with Gasteiger partial charge in [0.05, 0.1) is 12.5 Å². The van der Waals surface area contributed by atoms with E-state index >= 15 is 0 Å². The van der Waals surface area contributed by atoms with E-state index in [0.717, 1.165) is 37.1 Å². The molecule has 0 radical (unpaired) electrons. The maximum atomic E-state index is 12.8. The van der Waals surface area contributed by atoms with Crippen molar-refractivity contribution < 1.29 is 4.79 Å². The number of aromatic nitrogens is 4. The predicted octanol–water partition coefficient (Wildman–Crippen LogP) is 5.78. The molecule has 2 aliphatic rings. The van der Waals surface area contributed by atoms with Crippen molar-refractivity contribution in [1.82, 2.24) is 19.5 Å². The maximum absolute atomic E-state index is 12.8. The number of carbonyl (C=O) groups is 1. The summed E-state index contributed by atoms with van der Waals surface area (Å²) < 4.78 is 2.07. The zero-order valence-electron chi connectivity index (χ0n) is 18.7. The molecule has 2 aliphatic carbocycles. The van der Waals surface area contributed by atoms with Gasteiger partial charge in [-0.25, -0.2) is 9.97 Å². The number of aryl methyl sites for hydroxylation is 2. The standard InChI is InChI=1S/C26H28N6O/c1-27-23-17-29-24(31-23)25(33)30-22-5-4-19(8-14-32-15-13-28-18-32)16-21(22)20-6-11-26(12-7-20)9-2-3-10-26/h4-6,13,15-18H,2-3,7-12,14H2,(H,29,31)(H,30,33). The van der Waals surface area contributed by atoms with Gasteiger partial charge >= 0.3 is 5.91 Å². The Bertz CT molecular complexity index is 1210. The summed E-state index contributed by atoms with van der Waals surface area (Å²) in [4.78, 5) is 27.0. The topological polar surface area (TPSA) is 80.0 Å². The second-order valence-corrected chi connectivity index (χ2v) is 9.25. The summed E-state index contributed by atoms with van der Waals surface area (Å²) in [6.45, 7) is 7.94. The van der Waals surface area contributed by atoms with Crippen LogP contribution in [-0.2, 0) is 13.0 Å². The zero-order chi connectivity index (χ0) is 22.7. The zero-order valence-corrected chi connectivity index (χ0v) is 18.7. The highest BCUT2D eigenvalue weighted by molar-refractivity contribution is 6.03. The molecule has 1 amide bonds. The molecule has 0 bridgehead atoms. The Hall–Kier alpha value is -3.66. The number of imidazole rings is 2. The lowest BCUT2D eigenvalue weighted by Gasteiger charge is -2.33. The summed E-state index contributed by atoms with van der Waals surface area (Å²) in [7, 11) is 0. The lowest BCUT2D eigenvalue weighted by molar-refractivity contribution is 0.101. The highest BCUT2D eigenvalue weighted by Crippen LogP contribution is 2.50. The Morgan fingerprint density at radius 1 is 1.27 bits per heavy atom. The van der Waals surface area contributed by atoms with Crippen molar-refractivity contribution in [2.75, 3.05) is 5.32 Å². The first-order chi connectivity index (χ1) is 16.1. The van der Waals surface area contributed by atoms with Crippen molar-refractivity contribution >= 4 is 23.0 Å². The largest absolute Gasteiger partial charge is 0.363 e. The minimum Gasteiger partial charge on any atom is -0.363 e. The second-order valence-electron chi connectivity index (χ2n) is 9.25. The second kappa shape index (κ2) is 9.07. The van der Waals surface area contributed by atoms with Gasteiger partial charge in [0.2, 0.25) is 5.82 Å². The molecule has 5 rings (SSSR count). The number of rotatable bonds is 6. The molecule has 33 heavy (non-hydrogen) atoms. The van der Waals surface area contributed by atoms with E-state index in [1.807, 2.05) is 18.6 Å². The van der Waals surface area contributed by atoms with Crippen LogP contribution >= 0.6 is 0 Å². The first kappa shape index (κ1) is 21.2. The number of amides is 1. The number of nitrogens with one attached hydrogen (secondary N) is 2. The minimum absolute atomic E-state index is 0.152. The molecule has 1 aromatic carbocycles. The lowest BCUT2D eigenvalue weighted by atomic mass is 9.72. The molecule has 7 nitrogen and oxygen atoms in total. The van der Waals surface area contributed by atoms with Crippen LogP contribution in [0.2, 0.25) is 0 Å². The number of nitrogens with zero attached hydrogens (tertiary/aromatic N) is 4. The van der Waals surface area contributed by atoms with Crippen molar-refractivity contribution in [3.8, 4) is 0 Å². The first-order valence-electron chi connectivity index (χ1n) is 11.7. The van der Waals surface area contributed by atoms with Gasteiger partial charge in [-0.3, -0.25) is 9.78 Å². The van der Waals surface area contributed by atoms with Gasteiger partial charge in [-0.05, 0) is 67.2 Å². The summed E-state index contributed by atoms with van der Waals surface area (Å²) >= 11 is 0. The third-order valence-electron chi connectivity index (χ3n) is 7.16. The number of anilines is 1. The first-order valence-corrected chi connectivity index (χ1v) is 11.7. The highest BCUT2D eigenvalue weighted by atomic mass is 16.2. The molecule has 3 aromatic rings. The van der Waals surface area contributed by atoms with E-state index in [1.54, 1.807) is 6.20 Å². The van der Waals surface area contributed by atoms with Crippen molar-refractivity contribution in [2.24, 2.45) is 5.41 Å². The van der Waals surface area contributed by atoms with Gasteiger partial charge < -0.3 is 14.7 Å². The Labute approximate surface area is 193 Å². The molecule has 0 unspecified atom stereocenters. The number of hydrogen-bond donors (Lipinski definition) is 2. The Morgan fingerprint density at radius 3 is 2.85 bits per heavy atom. The highest BCUT2D eigenvalue weighted by Gasteiger charge is 2.35. The molecule has 0 atom stereocenters. The summed E-state index contributed by atoms with van der Waals surface area (Å²) in [5, 5.41) is 3.03. The molecule has 7 heteroatoms. The van der Waals surface area contributed by atoms with Crippen LogP contribution in [0, 0.1) is 12.0 Å². The van der Waals surface area contributed by atoms with Gasteiger partial charge in [0.15, 0.2) is 0 Å². The molecular formula is C26H28N6O. The molecular weight excluding hydrogens is 412 g/mol. The minimum atomic E-state index is -0.332. The van der Waals surface area contributed by atoms with E-state index in [0.29, 0.717) is 5.41 Å². The van der Waals surface area contributed by atoms with Crippen LogP contribution < -0.4 is 5.32 Å². The van der Waals surface area contributed by atoms with Crippen LogP contribution in [-0.4, -0.2) is 25.4 Å². The SMILES string of the molecule is [C-]#[N+]c1cnc(C(=O)Nc2ccc(CCn3ccnc3)cc2C2=CCC3(CCCC3)CC2)[nH]1. The van der Waals surface area contributed by atoms with Crippen molar-refractivity contribution in [1.29, 1.82) is 0 Å². The average Bonchev–Trinajstić information content (AvgIpc) is 3.61.